The Morgan fingerprint density at radius 3 is 2.67 bits per heavy atom. The van der Waals surface area contributed by atoms with Crippen LogP contribution in [0.3, 0.4) is 0 Å². The van der Waals surface area contributed by atoms with Crippen LogP contribution in [-0.2, 0) is 9.53 Å². The van der Waals surface area contributed by atoms with Crippen molar-refractivity contribution in [3.05, 3.63) is 24.3 Å². The Kier molecular flexibility index (Phi) is 2.60. The minimum Gasteiger partial charge on any atom is -0.508 e. The van der Waals surface area contributed by atoms with Crippen molar-refractivity contribution in [2.24, 2.45) is 0 Å². The highest BCUT2D eigenvalue weighted by molar-refractivity contribution is 5.95. The Hall–Kier alpha value is -1.55. The van der Waals surface area contributed by atoms with Crippen LogP contribution in [0.15, 0.2) is 24.3 Å². The van der Waals surface area contributed by atoms with E-state index in [1.54, 1.807) is 36.3 Å². The van der Waals surface area contributed by atoms with E-state index in [1.807, 2.05) is 0 Å². The first-order chi connectivity index (χ1) is 7.22. The first kappa shape index (κ1) is 9.98. The van der Waals surface area contributed by atoms with Crippen molar-refractivity contribution in [3.63, 3.8) is 0 Å². The van der Waals surface area contributed by atoms with E-state index < -0.39 is 0 Å². The third-order valence-corrected chi connectivity index (χ3v) is 2.56. The molecule has 0 bridgehead atoms. The minimum atomic E-state index is -0.179. The molecule has 1 saturated heterocycles. The van der Waals surface area contributed by atoms with Crippen LogP contribution in [0.2, 0.25) is 0 Å². The predicted octanol–water partition coefficient (Wildman–Crippen LogP) is 1.49. The Morgan fingerprint density at radius 1 is 1.40 bits per heavy atom. The van der Waals surface area contributed by atoms with Gasteiger partial charge in [-0.25, -0.2) is 0 Å². The standard InChI is InChI=1S/C11H13NO3/c1-15-11-7-6-10(14)12(11)8-2-4-9(13)5-3-8/h2-5,11,13H,6-7H2,1H3/t11-/m0/s1. The first-order valence-corrected chi connectivity index (χ1v) is 4.86. The number of anilines is 1. The number of amides is 1. The highest BCUT2D eigenvalue weighted by Crippen LogP contribution is 2.27. The zero-order chi connectivity index (χ0) is 10.8. The maximum absolute atomic E-state index is 11.6. The number of rotatable bonds is 2. The summed E-state index contributed by atoms with van der Waals surface area (Å²) in [5, 5.41) is 9.15. The van der Waals surface area contributed by atoms with Gasteiger partial charge >= 0.3 is 0 Å². The molecule has 0 radical (unpaired) electrons. The van der Waals surface area contributed by atoms with E-state index in [4.69, 9.17) is 9.84 Å². The van der Waals surface area contributed by atoms with Crippen molar-refractivity contribution < 1.29 is 14.6 Å². The van der Waals surface area contributed by atoms with Gasteiger partial charge in [0.05, 0.1) is 0 Å². The Balaban J connectivity index is 2.28. The Labute approximate surface area is 88.1 Å². The number of carbonyl (C=O) groups is 1. The topological polar surface area (TPSA) is 49.8 Å². The molecule has 4 heteroatoms. The summed E-state index contributed by atoms with van der Waals surface area (Å²) in [6, 6.07) is 6.55. The van der Waals surface area contributed by atoms with Gasteiger partial charge in [-0.05, 0) is 24.3 Å². The van der Waals surface area contributed by atoms with Crippen LogP contribution in [0.4, 0.5) is 5.69 Å². The fourth-order valence-electron chi connectivity index (χ4n) is 1.80. The fraction of sp³-hybridized carbons (Fsp3) is 0.364. The number of ether oxygens (including phenoxy) is 1. The molecule has 0 spiro atoms. The number of aromatic hydroxyl groups is 1. The molecule has 1 heterocycles. The summed E-state index contributed by atoms with van der Waals surface area (Å²) < 4.78 is 5.22. The van der Waals surface area contributed by atoms with E-state index in [0.29, 0.717) is 6.42 Å². The maximum atomic E-state index is 11.6. The largest absolute Gasteiger partial charge is 0.508 e. The Morgan fingerprint density at radius 2 is 2.07 bits per heavy atom. The van der Waals surface area contributed by atoms with Crippen molar-refractivity contribution in [2.45, 2.75) is 19.1 Å². The molecule has 4 nitrogen and oxygen atoms in total. The normalized spacial score (nSPS) is 21.0. The summed E-state index contributed by atoms with van der Waals surface area (Å²) in [6.45, 7) is 0. The molecule has 2 rings (SSSR count). The average molecular weight is 207 g/mol. The summed E-state index contributed by atoms with van der Waals surface area (Å²) in [5.41, 5.74) is 0.766. The third kappa shape index (κ3) is 1.80. The van der Waals surface area contributed by atoms with Crippen LogP contribution < -0.4 is 4.90 Å². The zero-order valence-electron chi connectivity index (χ0n) is 8.51. The predicted molar refractivity (Wildman–Crippen MR) is 55.6 cm³/mol. The number of hydrogen-bond donors (Lipinski definition) is 1. The van der Waals surface area contributed by atoms with Crippen LogP contribution in [0.1, 0.15) is 12.8 Å². The van der Waals surface area contributed by atoms with E-state index >= 15 is 0 Å². The van der Waals surface area contributed by atoms with E-state index in [-0.39, 0.29) is 17.9 Å². The maximum Gasteiger partial charge on any atom is 0.229 e. The molecular weight excluding hydrogens is 194 g/mol. The molecule has 1 aliphatic heterocycles. The summed E-state index contributed by atoms with van der Waals surface area (Å²) in [4.78, 5) is 13.2. The lowest BCUT2D eigenvalue weighted by Gasteiger charge is -2.23. The summed E-state index contributed by atoms with van der Waals surface area (Å²) in [7, 11) is 1.59. The van der Waals surface area contributed by atoms with Gasteiger partial charge in [-0.2, -0.15) is 0 Å². The second-order valence-corrected chi connectivity index (χ2v) is 3.51. The Bertz CT molecular complexity index is 361. The van der Waals surface area contributed by atoms with Crippen LogP contribution in [0.25, 0.3) is 0 Å². The summed E-state index contributed by atoms with van der Waals surface area (Å²) >= 11 is 0. The molecule has 1 amide bonds. The van der Waals surface area contributed by atoms with Crippen LogP contribution in [-0.4, -0.2) is 24.4 Å². The van der Waals surface area contributed by atoms with Gasteiger partial charge in [0, 0.05) is 25.6 Å². The number of nitrogens with zero attached hydrogens (tertiary/aromatic N) is 1. The molecule has 0 unspecified atom stereocenters. The van der Waals surface area contributed by atoms with E-state index in [1.165, 1.54) is 0 Å². The molecule has 1 fully saturated rings. The fourth-order valence-corrected chi connectivity index (χ4v) is 1.80. The minimum absolute atomic E-state index is 0.0625. The smallest absolute Gasteiger partial charge is 0.229 e. The average Bonchev–Trinajstić information content (AvgIpc) is 2.61. The zero-order valence-corrected chi connectivity index (χ0v) is 8.51. The van der Waals surface area contributed by atoms with Gasteiger partial charge in [0.25, 0.3) is 0 Å². The summed E-state index contributed by atoms with van der Waals surface area (Å²) in [5.74, 6) is 0.256. The van der Waals surface area contributed by atoms with Crippen LogP contribution in [0, 0.1) is 0 Å². The molecular formula is C11H13NO3. The van der Waals surface area contributed by atoms with Crippen molar-refractivity contribution in [3.8, 4) is 5.75 Å². The lowest BCUT2D eigenvalue weighted by Crippen LogP contribution is -2.33. The number of benzene rings is 1. The van der Waals surface area contributed by atoms with E-state index in [2.05, 4.69) is 0 Å². The molecule has 1 aliphatic rings. The molecule has 15 heavy (non-hydrogen) atoms. The second-order valence-electron chi connectivity index (χ2n) is 3.51. The molecule has 0 saturated carbocycles. The second kappa shape index (κ2) is 3.90. The molecule has 1 aromatic carbocycles. The number of phenols is 1. The van der Waals surface area contributed by atoms with Gasteiger partial charge in [-0.3, -0.25) is 9.69 Å². The van der Waals surface area contributed by atoms with Crippen molar-refractivity contribution >= 4 is 11.6 Å². The van der Waals surface area contributed by atoms with E-state index in [9.17, 15) is 4.79 Å². The molecule has 0 aliphatic carbocycles. The van der Waals surface area contributed by atoms with Crippen LogP contribution >= 0.6 is 0 Å². The highest BCUT2D eigenvalue weighted by Gasteiger charge is 2.31. The molecule has 0 aromatic heterocycles. The van der Waals surface area contributed by atoms with Gasteiger partial charge in [0.15, 0.2) is 0 Å². The lowest BCUT2D eigenvalue weighted by atomic mass is 10.3. The van der Waals surface area contributed by atoms with E-state index in [0.717, 1.165) is 12.1 Å². The third-order valence-electron chi connectivity index (χ3n) is 2.56. The highest BCUT2D eigenvalue weighted by atomic mass is 16.5. The monoisotopic (exact) mass is 207 g/mol. The summed E-state index contributed by atoms with van der Waals surface area (Å²) in [6.07, 6.45) is 1.05. The molecule has 80 valence electrons. The molecule has 1 N–H and O–H groups in total. The SMILES string of the molecule is CO[C@H]1CCC(=O)N1c1ccc(O)cc1. The quantitative estimate of drug-likeness (QED) is 0.799. The lowest BCUT2D eigenvalue weighted by molar-refractivity contribution is -0.117. The van der Waals surface area contributed by atoms with Crippen molar-refractivity contribution in [1.29, 1.82) is 0 Å². The van der Waals surface area contributed by atoms with Crippen LogP contribution in [0.5, 0.6) is 5.75 Å². The van der Waals surface area contributed by atoms with Gasteiger partial charge in [-0.15, -0.1) is 0 Å². The number of phenolic OH excluding ortho intramolecular Hbond substituents is 1. The van der Waals surface area contributed by atoms with Gasteiger partial charge < -0.3 is 9.84 Å². The molecule has 1 atom stereocenters. The number of hydrogen-bond acceptors (Lipinski definition) is 3. The van der Waals surface area contributed by atoms with Gasteiger partial charge in [0.2, 0.25) is 5.91 Å². The first-order valence-electron chi connectivity index (χ1n) is 4.86. The number of carbonyl (C=O) groups excluding carboxylic acids is 1. The van der Waals surface area contributed by atoms with Gasteiger partial charge in [-0.1, -0.05) is 0 Å². The van der Waals surface area contributed by atoms with Crippen molar-refractivity contribution in [1.82, 2.24) is 0 Å². The number of methoxy groups -OCH3 is 1. The molecule has 1 aromatic rings. The van der Waals surface area contributed by atoms with Gasteiger partial charge in [0.1, 0.15) is 12.0 Å². The van der Waals surface area contributed by atoms with Crippen molar-refractivity contribution in [2.75, 3.05) is 12.0 Å².